The topological polar surface area (TPSA) is 22.2 Å². The molecule has 0 spiro atoms. The van der Waals surface area contributed by atoms with Gasteiger partial charge in [-0.15, -0.1) is 0 Å². The minimum Gasteiger partial charge on any atom is -0.309 e. The monoisotopic (exact) mass is 511 g/mol. The molecule has 0 unspecified atom stereocenters. The average Bonchev–Trinajstić information content (AvgIpc) is 3.52. The summed E-state index contributed by atoms with van der Waals surface area (Å²) >= 11 is 0. The largest absolute Gasteiger partial charge is 0.309 e. The van der Waals surface area contributed by atoms with Gasteiger partial charge in [0.25, 0.3) is 0 Å². The Morgan fingerprint density at radius 3 is 2.12 bits per heavy atom. The summed E-state index contributed by atoms with van der Waals surface area (Å²) in [6.45, 7) is 8.52. The molecule has 0 radical (unpaired) electrons. The van der Waals surface area contributed by atoms with E-state index in [1.54, 1.807) is 0 Å². The maximum atomic E-state index is 4.84. The van der Waals surface area contributed by atoms with Crippen LogP contribution in [0, 0.1) is 0 Å². The van der Waals surface area contributed by atoms with Gasteiger partial charge in [-0.1, -0.05) is 92.0 Å². The fraction of sp³-hybridized carbons (Fsp3) is 0. The van der Waals surface area contributed by atoms with Crippen LogP contribution in [0.25, 0.3) is 78.6 Å². The molecule has 4 aromatic carbocycles. The molecule has 0 atom stereocenters. The number of fused-ring (bicyclic) bond motifs is 9. The highest BCUT2D eigenvalue weighted by atomic mass is 15.1. The molecule has 188 valence electrons. The van der Waals surface area contributed by atoms with Crippen LogP contribution in [0.2, 0.25) is 0 Å². The molecule has 0 amide bonds. The second-order valence-electron chi connectivity index (χ2n) is 10.2. The summed E-state index contributed by atoms with van der Waals surface area (Å²) in [7, 11) is 0. The quantitative estimate of drug-likeness (QED) is 0.222. The third kappa shape index (κ3) is 3.15. The number of aromatic nitrogens is 3. The van der Waals surface area contributed by atoms with Crippen LogP contribution in [-0.2, 0) is 0 Å². The lowest BCUT2D eigenvalue weighted by atomic mass is 10.1. The molecule has 0 aliphatic rings. The number of nitrogens with zero attached hydrogens (tertiary/aromatic N) is 3. The van der Waals surface area contributed by atoms with Crippen molar-refractivity contribution in [2.24, 2.45) is 0 Å². The van der Waals surface area contributed by atoms with E-state index in [0.717, 1.165) is 43.9 Å². The van der Waals surface area contributed by atoms with Crippen LogP contribution < -0.4 is 10.6 Å². The number of hydrogen-bond donors (Lipinski definition) is 0. The van der Waals surface area contributed by atoms with Crippen molar-refractivity contribution in [3.05, 3.63) is 139 Å². The standard InChI is InChI=1S/C37H25N3/c1-3-11-32-24(2)31-20-27-21-35-30-16-8-7-14-28(30)29-15-9-10-17-33(29)39(35)34(27)23-36(31)40(32)37-22-26(18-19-38-37)25-12-5-4-6-13-25/h3-23H,1-2H2/b32-11+. The summed E-state index contributed by atoms with van der Waals surface area (Å²) in [4.78, 5) is 4.84. The lowest BCUT2D eigenvalue weighted by Crippen LogP contribution is -2.27. The van der Waals surface area contributed by atoms with Gasteiger partial charge in [-0.05, 0) is 59.0 Å². The van der Waals surface area contributed by atoms with E-state index in [-0.39, 0.29) is 0 Å². The Hall–Kier alpha value is -5.41. The molecule has 3 heteroatoms. The lowest BCUT2D eigenvalue weighted by Gasteiger charge is -2.11. The fourth-order valence-electron chi connectivity index (χ4n) is 6.25. The van der Waals surface area contributed by atoms with Gasteiger partial charge in [0.1, 0.15) is 5.82 Å². The molecule has 0 saturated carbocycles. The molecule has 0 bridgehead atoms. The highest BCUT2D eigenvalue weighted by molar-refractivity contribution is 6.16. The number of allylic oxidation sites excluding steroid dienone is 1. The average molecular weight is 512 g/mol. The predicted octanol–water partition coefficient (Wildman–Crippen LogP) is 7.78. The maximum absolute atomic E-state index is 4.84. The molecule has 40 heavy (non-hydrogen) atoms. The SMILES string of the molecule is C=C/C=c1\c(=C)c2cc3cc4c5ccccc5c5ccccc5n4c3cc2n1-c1cc(-c2ccccc2)ccn1. The van der Waals surface area contributed by atoms with Crippen molar-refractivity contribution in [1.29, 1.82) is 0 Å². The highest BCUT2D eigenvalue weighted by Gasteiger charge is 2.16. The van der Waals surface area contributed by atoms with E-state index in [2.05, 4.69) is 125 Å². The Bertz CT molecular complexity index is 2410. The normalized spacial score (nSPS) is 12.3. The van der Waals surface area contributed by atoms with Gasteiger partial charge < -0.3 is 4.40 Å². The van der Waals surface area contributed by atoms with Gasteiger partial charge in [-0.3, -0.25) is 4.57 Å². The van der Waals surface area contributed by atoms with E-state index in [4.69, 9.17) is 4.98 Å². The fourth-order valence-corrected chi connectivity index (χ4v) is 6.25. The Morgan fingerprint density at radius 2 is 1.32 bits per heavy atom. The lowest BCUT2D eigenvalue weighted by molar-refractivity contribution is 1.00. The zero-order valence-corrected chi connectivity index (χ0v) is 21.9. The number of para-hydroxylation sites is 1. The minimum atomic E-state index is 0.852. The number of pyridine rings is 2. The summed E-state index contributed by atoms with van der Waals surface area (Å²) in [5, 5.41) is 8.01. The molecule has 8 rings (SSSR count). The number of hydrogen-bond acceptors (Lipinski definition) is 1. The van der Waals surface area contributed by atoms with Gasteiger partial charge in [0.15, 0.2) is 0 Å². The van der Waals surface area contributed by atoms with E-state index in [1.807, 2.05) is 24.4 Å². The predicted molar refractivity (Wildman–Crippen MR) is 169 cm³/mol. The van der Waals surface area contributed by atoms with Crippen molar-refractivity contribution < 1.29 is 0 Å². The third-order valence-corrected chi connectivity index (χ3v) is 8.03. The van der Waals surface area contributed by atoms with Gasteiger partial charge in [0.05, 0.1) is 27.4 Å². The van der Waals surface area contributed by atoms with Crippen molar-refractivity contribution in [3.8, 4) is 16.9 Å². The molecule has 4 heterocycles. The van der Waals surface area contributed by atoms with Crippen molar-refractivity contribution in [2.75, 3.05) is 0 Å². The first kappa shape index (κ1) is 22.6. The first-order valence-electron chi connectivity index (χ1n) is 13.5. The molecular formula is C37H25N3. The van der Waals surface area contributed by atoms with Crippen LogP contribution >= 0.6 is 0 Å². The van der Waals surface area contributed by atoms with E-state index < -0.39 is 0 Å². The van der Waals surface area contributed by atoms with E-state index in [1.165, 1.54) is 32.6 Å². The zero-order chi connectivity index (χ0) is 26.8. The van der Waals surface area contributed by atoms with Gasteiger partial charge >= 0.3 is 0 Å². The van der Waals surface area contributed by atoms with Gasteiger partial charge in [-0.25, -0.2) is 4.98 Å². The molecule has 8 aromatic rings. The first-order chi connectivity index (χ1) is 19.7. The Morgan fingerprint density at radius 1 is 0.600 bits per heavy atom. The van der Waals surface area contributed by atoms with Crippen LogP contribution in [0.1, 0.15) is 0 Å². The summed E-state index contributed by atoms with van der Waals surface area (Å²) in [6, 6.07) is 38.9. The van der Waals surface area contributed by atoms with Crippen molar-refractivity contribution in [1.82, 2.24) is 14.0 Å². The molecule has 4 aromatic heterocycles. The summed E-state index contributed by atoms with van der Waals surface area (Å²) in [6.07, 6.45) is 5.73. The Kier molecular flexibility index (Phi) is 4.82. The number of rotatable bonds is 3. The molecule has 0 aliphatic heterocycles. The zero-order valence-electron chi connectivity index (χ0n) is 21.9. The van der Waals surface area contributed by atoms with Crippen molar-refractivity contribution in [2.45, 2.75) is 0 Å². The van der Waals surface area contributed by atoms with Crippen LogP contribution in [0.15, 0.2) is 128 Å². The van der Waals surface area contributed by atoms with Crippen LogP contribution in [0.5, 0.6) is 0 Å². The van der Waals surface area contributed by atoms with Gasteiger partial charge in [-0.2, -0.15) is 0 Å². The van der Waals surface area contributed by atoms with E-state index in [9.17, 15) is 0 Å². The summed E-state index contributed by atoms with van der Waals surface area (Å²) in [5.41, 5.74) is 6.91. The summed E-state index contributed by atoms with van der Waals surface area (Å²) in [5.74, 6) is 0.852. The van der Waals surface area contributed by atoms with Gasteiger partial charge in [0, 0.05) is 33.0 Å². The molecule has 3 nitrogen and oxygen atoms in total. The van der Waals surface area contributed by atoms with E-state index >= 15 is 0 Å². The molecular weight excluding hydrogens is 486 g/mol. The maximum Gasteiger partial charge on any atom is 0.138 e. The smallest absolute Gasteiger partial charge is 0.138 e. The minimum absolute atomic E-state index is 0.852. The highest BCUT2D eigenvalue weighted by Crippen LogP contribution is 2.35. The second kappa shape index (κ2) is 8.55. The molecule has 0 saturated heterocycles. The molecule has 0 N–H and O–H groups in total. The van der Waals surface area contributed by atoms with Crippen LogP contribution in [-0.4, -0.2) is 14.0 Å². The van der Waals surface area contributed by atoms with Crippen LogP contribution in [0.3, 0.4) is 0 Å². The molecule has 0 aliphatic carbocycles. The molecule has 0 fully saturated rings. The Balaban J connectivity index is 1.52. The third-order valence-electron chi connectivity index (χ3n) is 8.03. The summed E-state index contributed by atoms with van der Waals surface area (Å²) < 4.78 is 4.62. The number of benzene rings is 4. The van der Waals surface area contributed by atoms with Crippen molar-refractivity contribution >= 4 is 61.7 Å². The van der Waals surface area contributed by atoms with E-state index in [0.29, 0.717) is 0 Å². The van der Waals surface area contributed by atoms with Crippen molar-refractivity contribution in [3.63, 3.8) is 0 Å². The second-order valence-corrected chi connectivity index (χ2v) is 10.2. The van der Waals surface area contributed by atoms with Gasteiger partial charge in [0.2, 0.25) is 0 Å². The van der Waals surface area contributed by atoms with Crippen LogP contribution in [0.4, 0.5) is 0 Å². The first-order valence-corrected chi connectivity index (χ1v) is 13.5. The Labute approximate surface area is 230 Å².